The van der Waals surface area contributed by atoms with E-state index in [4.69, 9.17) is 5.11 Å². The van der Waals surface area contributed by atoms with E-state index in [2.05, 4.69) is 0 Å². The number of rotatable bonds is 0. The first-order valence-electron chi connectivity index (χ1n) is 3.45. The van der Waals surface area contributed by atoms with Crippen LogP contribution in [0.2, 0.25) is 0 Å². The molecule has 2 heteroatoms. The highest BCUT2D eigenvalue weighted by Gasteiger charge is 0.936. The molecule has 0 spiro atoms. The van der Waals surface area contributed by atoms with Gasteiger partial charge < -0.3 is 10.6 Å². The van der Waals surface area contributed by atoms with E-state index >= 15 is 0 Å². The maximum absolute atomic E-state index is 7.00. The second kappa shape index (κ2) is 87400. The molecule has 0 aromatic rings. The number of hydrogen-bond acceptors (Lipinski definition) is 1. The van der Waals surface area contributed by atoms with Crippen molar-refractivity contribution in [2.24, 2.45) is 0 Å². The first-order chi connectivity index (χ1) is 4.00. The minimum Gasteiger partial charge on any atom is -0.412 e. The highest BCUT2D eigenvalue weighted by molar-refractivity contribution is 3.51. The Morgan fingerprint density at radius 2 is 0.600 bits per heavy atom. The van der Waals surface area contributed by atoms with Gasteiger partial charge >= 0.3 is 0 Å². The smallest absolute Gasteiger partial charge is 0.0319 e. The van der Waals surface area contributed by atoms with E-state index in [1.165, 1.54) is 0 Å². The average molecular weight is 156 g/mol. The number of hydrogen-bond donors (Lipinski definition) is 1. The van der Waals surface area contributed by atoms with Gasteiger partial charge in [-0.3, -0.25) is 0 Å². The lowest BCUT2D eigenvalue weighted by Gasteiger charge is -1.21. The summed E-state index contributed by atoms with van der Waals surface area (Å²) in [5.74, 6) is 0. The first-order valence-corrected chi connectivity index (χ1v) is 3.45. The first kappa shape index (κ1) is 51.4. The minimum absolute atomic E-state index is 0. The maximum atomic E-state index is 7.00. The van der Waals surface area contributed by atoms with Gasteiger partial charge in [-0.05, 0) is 0 Å². The molecule has 72 valence electrons. The van der Waals surface area contributed by atoms with Crippen molar-refractivity contribution in [2.45, 2.75) is 49.0 Å². The minimum atomic E-state index is 0. The molecule has 0 unspecified atom stereocenters. The predicted molar refractivity (Wildman–Crippen MR) is 52.5 cm³/mol. The van der Waals surface area contributed by atoms with Gasteiger partial charge in [0.05, 0.1) is 0 Å². The number of aliphatic hydroxyl groups excluding tert-OH is 1. The van der Waals surface area contributed by atoms with E-state index in [0.717, 1.165) is 7.11 Å². The Morgan fingerprint density at radius 3 is 0.600 bits per heavy atom. The molecule has 0 fully saturated rings. The van der Waals surface area contributed by atoms with Gasteiger partial charge in [-0.1, -0.05) is 49.0 Å². The molecule has 0 aliphatic rings. The summed E-state index contributed by atoms with van der Waals surface area (Å²) < 4.78 is 0. The Morgan fingerprint density at radius 1 is 0.600 bits per heavy atom. The normalized spacial score (nSPS) is 2.40. The van der Waals surface area contributed by atoms with Crippen molar-refractivity contribution in [3.8, 4) is 0 Å². The highest BCUT2D eigenvalue weighted by Crippen LogP contribution is 1.15. The van der Waals surface area contributed by atoms with Crippen LogP contribution in [-0.4, -0.2) is 17.7 Å². The van der Waals surface area contributed by atoms with Gasteiger partial charge in [-0.25, -0.2) is 0 Å². The molecular weight excluding hydrogens is 128 g/mol. The summed E-state index contributed by atoms with van der Waals surface area (Å²) in [6, 6.07) is 0. The van der Waals surface area contributed by atoms with Crippen molar-refractivity contribution < 1.29 is 10.6 Å². The van der Waals surface area contributed by atoms with Gasteiger partial charge in [0.2, 0.25) is 0 Å². The van der Waals surface area contributed by atoms with Crippen molar-refractivity contribution in [3.05, 3.63) is 0 Å². The molecular formula is C8H28O2. The van der Waals surface area contributed by atoms with Gasteiger partial charge in [0.1, 0.15) is 0 Å². The molecule has 3 N–H and O–H groups in total. The Labute approximate surface area is 67.6 Å². The summed E-state index contributed by atoms with van der Waals surface area (Å²) in [4.78, 5) is 0. The standard InChI is InChI=1S/3C2H6.CH4O.CH4.H2O/c4*1-2;;/h3*1-2H3;2H,1H3;1H4;1H2. The summed E-state index contributed by atoms with van der Waals surface area (Å²) in [5, 5.41) is 7.00. The van der Waals surface area contributed by atoms with Crippen LogP contribution in [0.5, 0.6) is 0 Å². The van der Waals surface area contributed by atoms with E-state index < -0.39 is 0 Å². The van der Waals surface area contributed by atoms with Crippen molar-refractivity contribution >= 4 is 0 Å². The van der Waals surface area contributed by atoms with E-state index in [9.17, 15) is 0 Å². The summed E-state index contributed by atoms with van der Waals surface area (Å²) in [7, 11) is 1.00. The fourth-order valence-electron chi connectivity index (χ4n) is 0. The third-order valence-electron chi connectivity index (χ3n) is 0. The van der Waals surface area contributed by atoms with Crippen molar-refractivity contribution in [2.75, 3.05) is 7.11 Å². The molecule has 0 aliphatic carbocycles. The molecule has 0 amide bonds. The molecule has 0 atom stereocenters. The van der Waals surface area contributed by atoms with Crippen molar-refractivity contribution in [1.82, 2.24) is 0 Å². The number of aliphatic hydroxyl groups is 1. The zero-order valence-electron chi connectivity index (χ0n) is 7.95. The Kier molecular flexibility index (Phi) is 449000. The molecule has 10 heavy (non-hydrogen) atoms. The Balaban J connectivity index is -0.00000000500. The predicted octanol–water partition coefficient (Wildman–Crippen LogP) is 2.50. The van der Waals surface area contributed by atoms with E-state index in [1.54, 1.807) is 0 Å². The second-order valence-electron chi connectivity index (χ2n) is 0. The Hall–Kier alpha value is -0.0800. The van der Waals surface area contributed by atoms with Gasteiger partial charge in [0.15, 0.2) is 0 Å². The van der Waals surface area contributed by atoms with Crippen LogP contribution in [0.1, 0.15) is 49.0 Å². The topological polar surface area (TPSA) is 51.7 Å². The third-order valence-corrected chi connectivity index (χ3v) is 0. The maximum Gasteiger partial charge on any atom is 0.0319 e. The van der Waals surface area contributed by atoms with Crippen LogP contribution in [0.3, 0.4) is 0 Å². The van der Waals surface area contributed by atoms with Crippen molar-refractivity contribution in [3.63, 3.8) is 0 Å². The quantitative estimate of drug-likeness (QED) is 0.575. The zero-order chi connectivity index (χ0) is 8.00. The lowest BCUT2D eigenvalue weighted by molar-refractivity contribution is 0.399. The van der Waals surface area contributed by atoms with Crippen LogP contribution >= 0.6 is 0 Å². The van der Waals surface area contributed by atoms with Crippen LogP contribution in [0.15, 0.2) is 0 Å². The average Bonchev–Trinajstić information content (AvgIpc) is 2.03. The van der Waals surface area contributed by atoms with Crippen LogP contribution in [-0.2, 0) is 0 Å². The van der Waals surface area contributed by atoms with Gasteiger partial charge in [0.25, 0.3) is 0 Å². The SMILES string of the molecule is C.CC.CC.CC.CO.O. The van der Waals surface area contributed by atoms with Gasteiger partial charge in [0, 0.05) is 7.11 Å². The third kappa shape index (κ3) is 59300. The molecule has 0 heterocycles. The van der Waals surface area contributed by atoms with E-state index in [0.29, 0.717) is 0 Å². The lowest BCUT2D eigenvalue weighted by Crippen LogP contribution is -1.25. The lowest BCUT2D eigenvalue weighted by atomic mass is 11.0. The van der Waals surface area contributed by atoms with Crippen molar-refractivity contribution in [1.29, 1.82) is 0 Å². The molecule has 0 aromatic heterocycles. The van der Waals surface area contributed by atoms with E-state index in [-0.39, 0.29) is 12.9 Å². The van der Waals surface area contributed by atoms with Crippen LogP contribution in [0, 0.1) is 0 Å². The molecule has 0 aliphatic heterocycles. The molecule has 0 aromatic carbocycles. The van der Waals surface area contributed by atoms with Crippen LogP contribution in [0.4, 0.5) is 0 Å². The van der Waals surface area contributed by atoms with E-state index in [1.807, 2.05) is 41.5 Å². The summed E-state index contributed by atoms with van der Waals surface area (Å²) in [6.07, 6.45) is 0. The summed E-state index contributed by atoms with van der Waals surface area (Å²) in [6.45, 7) is 12.0. The fourth-order valence-corrected chi connectivity index (χ4v) is 0. The zero-order valence-corrected chi connectivity index (χ0v) is 7.95. The van der Waals surface area contributed by atoms with Crippen LogP contribution in [0.25, 0.3) is 0 Å². The Bertz CT molecular complexity index is 7.22. The highest BCUT2D eigenvalue weighted by atomic mass is 16.2. The van der Waals surface area contributed by atoms with Crippen LogP contribution < -0.4 is 0 Å². The van der Waals surface area contributed by atoms with Gasteiger partial charge in [-0.15, -0.1) is 0 Å². The molecule has 0 bridgehead atoms. The molecule has 0 radical (unpaired) electrons. The molecule has 0 saturated heterocycles. The largest absolute Gasteiger partial charge is 0.412 e. The molecule has 2 nitrogen and oxygen atoms in total. The summed E-state index contributed by atoms with van der Waals surface area (Å²) >= 11 is 0. The second-order valence-corrected chi connectivity index (χ2v) is 0. The molecule has 0 saturated carbocycles. The van der Waals surface area contributed by atoms with Gasteiger partial charge in [-0.2, -0.15) is 0 Å². The fraction of sp³-hybridized carbons (Fsp3) is 1.00. The molecule has 0 rings (SSSR count). The summed E-state index contributed by atoms with van der Waals surface area (Å²) in [5.41, 5.74) is 0. The monoisotopic (exact) mass is 156 g/mol.